The standard InChI is InChI=1S/C22H18N6O5S/c1-2-11-27-17-6-4-3-5-16(17)20-21(27)24-22(26-25-20)34-13-19(30)33-12-18(29)23-14-7-9-15(10-8-14)28(31)32/h2-10H,1,11-13H2,(H,23,29). The van der Waals surface area contributed by atoms with Crippen LogP contribution in [-0.2, 0) is 20.9 Å². The minimum atomic E-state index is -0.626. The molecule has 0 radical (unpaired) electrons. The van der Waals surface area contributed by atoms with Crippen LogP contribution >= 0.6 is 11.8 Å². The van der Waals surface area contributed by atoms with Crippen LogP contribution in [0.1, 0.15) is 0 Å². The van der Waals surface area contributed by atoms with Gasteiger partial charge in [0, 0.05) is 29.8 Å². The van der Waals surface area contributed by atoms with Gasteiger partial charge in [0.15, 0.2) is 12.3 Å². The molecule has 0 saturated heterocycles. The van der Waals surface area contributed by atoms with Crippen molar-refractivity contribution in [2.75, 3.05) is 17.7 Å². The highest BCUT2D eigenvalue weighted by molar-refractivity contribution is 7.99. The highest BCUT2D eigenvalue weighted by Gasteiger charge is 2.15. The van der Waals surface area contributed by atoms with E-state index < -0.39 is 23.4 Å². The number of aromatic nitrogens is 4. The summed E-state index contributed by atoms with van der Waals surface area (Å²) in [6.45, 7) is 3.83. The van der Waals surface area contributed by atoms with Crippen molar-refractivity contribution < 1.29 is 19.2 Å². The van der Waals surface area contributed by atoms with Gasteiger partial charge in [0.2, 0.25) is 5.16 Å². The van der Waals surface area contributed by atoms with Crippen LogP contribution in [0.2, 0.25) is 0 Å². The van der Waals surface area contributed by atoms with Gasteiger partial charge in [-0.1, -0.05) is 36.0 Å². The number of hydrogen-bond donors (Lipinski definition) is 1. The van der Waals surface area contributed by atoms with Crippen molar-refractivity contribution in [2.24, 2.45) is 0 Å². The first kappa shape index (κ1) is 22.9. The maximum absolute atomic E-state index is 12.1. The Morgan fingerprint density at radius 2 is 1.94 bits per heavy atom. The number of benzene rings is 2. The summed E-state index contributed by atoms with van der Waals surface area (Å²) in [5.74, 6) is -1.31. The second-order valence-corrected chi connectivity index (χ2v) is 7.93. The third-order valence-electron chi connectivity index (χ3n) is 4.71. The van der Waals surface area contributed by atoms with Gasteiger partial charge in [0.1, 0.15) is 5.52 Å². The van der Waals surface area contributed by atoms with E-state index in [2.05, 4.69) is 27.1 Å². The zero-order valence-corrected chi connectivity index (χ0v) is 18.5. The summed E-state index contributed by atoms with van der Waals surface area (Å²) in [5.41, 5.74) is 2.51. The first-order valence-corrected chi connectivity index (χ1v) is 11.0. The van der Waals surface area contributed by atoms with Gasteiger partial charge in [-0.15, -0.1) is 16.8 Å². The van der Waals surface area contributed by atoms with Crippen LogP contribution in [0.15, 0.2) is 66.3 Å². The second kappa shape index (κ2) is 10.1. The molecule has 4 aromatic rings. The van der Waals surface area contributed by atoms with Gasteiger partial charge in [0.05, 0.1) is 16.2 Å². The molecule has 0 fully saturated rings. The van der Waals surface area contributed by atoms with E-state index >= 15 is 0 Å². The van der Waals surface area contributed by atoms with E-state index in [1.165, 1.54) is 24.3 Å². The van der Waals surface area contributed by atoms with Crippen LogP contribution in [0.4, 0.5) is 11.4 Å². The zero-order valence-electron chi connectivity index (χ0n) is 17.7. The normalized spacial score (nSPS) is 10.8. The average Bonchev–Trinajstić information content (AvgIpc) is 3.15. The van der Waals surface area contributed by atoms with Crippen molar-refractivity contribution in [3.05, 3.63) is 71.3 Å². The molecule has 11 nitrogen and oxygen atoms in total. The summed E-state index contributed by atoms with van der Waals surface area (Å²) in [4.78, 5) is 38.7. The Bertz CT molecular complexity index is 1400. The molecule has 0 atom stereocenters. The molecule has 1 amide bonds. The highest BCUT2D eigenvalue weighted by Crippen LogP contribution is 2.27. The van der Waals surface area contributed by atoms with Crippen LogP contribution in [0.3, 0.4) is 0 Å². The van der Waals surface area contributed by atoms with Crippen LogP contribution < -0.4 is 5.32 Å². The van der Waals surface area contributed by atoms with Crippen molar-refractivity contribution >= 4 is 57.1 Å². The maximum atomic E-state index is 12.1. The Kier molecular flexibility index (Phi) is 6.78. The molecule has 12 heteroatoms. The summed E-state index contributed by atoms with van der Waals surface area (Å²) in [6, 6.07) is 13.1. The minimum Gasteiger partial charge on any atom is -0.455 e. The molecule has 0 saturated carbocycles. The van der Waals surface area contributed by atoms with Crippen LogP contribution in [-0.4, -0.2) is 48.9 Å². The summed E-state index contributed by atoms with van der Waals surface area (Å²) >= 11 is 1.05. The van der Waals surface area contributed by atoms with Crippen molar-refractivity contribution in [3.63, 3.8) is 0 Å². The molecule has 0 aliphatic heterocycles. The van der Waals surface area contributed by atoms with Gasteiger partial charge < -0.3 is 14.6 Å². The average molecular weight is 478 g/mol. The number of amides is 1. The number of hydrogen-bond acceptors (Lipinski definition) is 9. The first-order chi connectivity index (χ1) is 16.5. The lowest BCUT2D eigenvalue weighted by Gasteiger charge is -2.06. The number of esters is 1. The number of rotatable bonds is 9. The molecule has 0 aliphatic carbocycles. The van der Waals surface area contributed by atoms with Crippen LogP contribution in [0, 0.1) is 10.1 Å². The van der Waals surface area contributed by atoms with Gasteiger partial charge >= 0.3 is 5.97 Å². The van der Waals surface area contributed by atoms with Crippen LogP contribution in [0.25, 0.3) is 22.1 Å². The number of nitrogens with zero attached hydrogens (tertiary/aromatic N) is 5. The third kappa shape index (κ3) is 5.02. The lowest BCUT2D eigenvalue weighted by atomic mass is 10.2. The maximum Gasteiger partial charge on any atom is 0.316 e. The third-order valence-corrected chi connectivity index (χ3v) is 5.52. The van der Waals surface area contributed by atoms with Crippen LogP contribution in [0.5, 0.6) is 0 Å². The number of nitrogens with one attached hydrogen (secondary N) is 1. The molecule has 0 bridgehead atoms. The topological polar surface area (TPSA) is 142 Å². The lowest BCUT2D eigenvalue weighted by molar-refractivity contribution is -0.384. The second-order valence-electron chi connectivity index (χ2n) is 6.98. The molecule has 172 valence electrons. The first-order valence-electron chi connectivity index (χ1n) is 10.0. The molecule has 1 N–H and O–H groups in total. The number of ether oxygens (including phenoxy) is 1. The zero-order chi connectivity index (χ0) is 24.1. The van der Waals surface area contributed by atoms with Gasteiger partial charge in [-0.3, -0.25) is 19.7 Å². The SMILES string of the molecule is C=CCn1c2ccccc2c2nnc(SCC(=O)OCC(=O)Nc3ccc([N+](=O)[O-])cc3)nc21. The van der Waals surface area contributed by atoms with E-state index in [9.17, 15) is 19.7 Å². The van der Waals surface area contributed by atoms with Gasteiger partial charge in [-0.25, -0.2) is 4.98 Å². The van der Waals surface area contributed by atoms with E-state index in [4.69, 9.17) is 4.74 Å². The van der Waals surface area contributed by atoms with Crippen molar-refractivity contribution in [3.8, 4) is 0 Å². The molecular weight excluding hydrogens is 460 g/mol. The molecule has 2 aromatic carbocycles. The number of carbonyl (C=O) groups excluding carboxylic acids is 2. The fourth-order valence-electron chi connectivity index (χ4n) is 3.24. The fraction of sp³-hybridized carbons (Fsp3) is 0.136. The van der Waals surface area contributed by atoms with Gasteiger partial charge in [0.25, 0.3) is 11.6 Å². The Hall–Kier alpha value is -4.32. The molecule has 0 spiro atoms. The monoisotopic (exact) mass is 478 g/mol. The summed E-state index contributed by atoms with van der Waals surface area (Å²) in [7, 11) is 0. The Morgan fingerprint density at radius 1 is 1.18 bits per heavy atom. The molecule has 0 unspecified atom stereocenters. The Morgan fingerprint density at radius 3 is 2.68 bits per heavy atom. The van der Waals surface area contributed by atoms with E-state index in [1.807, 2.05) is 28.8 Å². The number of nitro benzene ring substituents is 1. The van der Waals surface area contributed by atoms with Gasteiger partial charge in [-0.05, 0) is 18.2 Å². The van der Waals surface area contributed by atoms with Crippen molar-refractivity contribution in [2.45, 2.75) is 11.7 Å². The Balaban J connectivity index is 1.34. The molecule has 34 heavy (non-hydrogen) atoms. The molecule has 0 aliphatic rings. The number of allylic oxidation sites excluding steroid dienone is 1. The number of fused-ring (bicyclic) bond motifs is 3. The van der Waals surface area contributed by atoms with Crippen molar-refractivity contribution in [1.29, 1.82) is 0 Å². The molecule has 4 rings (SSSR count). The number of carbonyl (C=O) groups is 2. The lowest BCUT2D eigenvalue weighted by Crippen LogP contribution is -2.21. The number of anilines is 1. The Labute approximate surface area is 197 Å². The van der Waals surface area contributed by atoms with E-state index in [-0.39, 0.29) is 11.4 Å². The summed E-state index contributed by atoms with van der Waals surface area (Å²) < 4.78 is 6.95. The smallest absolute Gasteiger partial charge is 0.316 e. The van der Waals surface area contributed by atoms with E-state index in [0.717, 1.165) is 22.7 Å². The molecular formula is C22H18N6O5S. The number of non-ortho nitro benzene ring substituents is 1. The summed E-state index contributed by atoms with van der Waals surface area (Å²) in [5, 5.41) is 22.8. The minimum absolute atomic E-state index is 0.0961. The molecule has 2 heterocycles. The number of para-hydroxylation sites is 1. The van der Waals surface area contributed by atoms with E-state index in [1.54, 1.807) is 6.08 Å². The molecule has 2 aromatic heterocycles. The number of thioether (sulfide) groups is 1. The van der Waals surface area contributed by atoms with Gasteiger partial charge in [-0.2, -0.15) is 0 Å². The number of nitro groups is 1. The quantitative estimate of drug-likeness (QED) is 0.126. The predicted octanol–water partition coefficient (Wildman–Crippen LogP) is 3.35. The highest BCUT2D eigenvalue weighted by atomic mass is 32.2. The van der Waals surface area contributed by atoms with E-state index in [0.29, 0.717) is 28.6 Å². The van der Waals surface area contributed by atoms with Crippen molar-refractivity contribution in [1.82, 2.24) is 19.7 Å². The predicted molar refractivity (Wildman–Crippen MR) is 126 cm³/mol. The fourth-order valence-corrected chi connectivity index (χ4v) is 3.82. The largest absolute Gasteiger partial charge is 0.455 e. The summed E-state index contributed by atoms with van der Waals surface area (Å²) in [6.07, 6.45) is 1.76.